The Morgan fingerprint density at radius 2 is 2.25 bits per heavy atom. The number of hydrogen-bond donors (Lipinski definition) is 2. The highest BCUT2D eigenvalue weighted by molar-refractivity contribution is 5.34. The lowest BCUT2D eigenvalue weighted by molar-refractivity contribution is -0.233. The molecule has 1 heterocycles. The van der Waals surface area contributed by atoms with Crippen molar-refractivity contribution in [1.82, 2.24) is 9.97 Å². The van der Waals surface area contributed by atoms with Crippen LogP contribution in [-0.4, -0.2) is 39.9 Å². The summed E-state index contributed by atoms with van der Waals surface area (Å²) in [5.74, 6) is 0.549. The van der Waals surface area contributed by atoms with Crippen molar-refractivity contribution in [2.45, 2.75) is 38.9 Å². The average molecular weight is 276 g/mol. The Bertz CT molecular complexity index is 509. The number of ether oxygens (including phenoxy) is 1. The highest BCUT2D eigenvalue weighted by Gasteiger charge is 2.59. The summed E-state index contributed by atoms with van der Waals surface area (Å²) in [6.07, 6.45) is 3.57. The number of nitriles is 1. The zero-order chi connectivity index (χ0) is 14.8. The number of hydrogen-bond acceptors (Lipinski definition) is 6. The molecule has 0 unspecified atom stereocenters. The van der Waals surface area contributed by atoms with Gasteiger partial charge >= 0.3 is 0 Å². The molecule has 0 amide bonds. The molecule has 1 saturated carbocycles. The summed E-state index contributed by atoms with van der Waals surface area (Å²) in [6, 6.07) is 1.91. The van der Waals surface area contributed by atoms with Gasteiger partial charge in [0.15, 0.2) is 5.69 Å². The quantitative estimate of drug-likeness (QED) is 0.843. The minimum atomic E-state index is -0.831. The number of anilines is 1. The van der Waals surface area contributed by atoms with E-state index in [9.17, 15) is 5.11 Å². The molecular formula is C14H20N4O2. The van der Waals surface area contributed by atoms with Crippen LogP contribution in [0.4, 0.5) is 5.82 Å². The fraction of sp³-hybridized carbons (Fsp3) is 0.643. The SMILES string of the molecule is CCO[C@@H]1C[C@@](O)(CNc2cnc(C#N)cn2)C1(C)C. The highest BCUT2D eigenvalue weighted by Crippen LogP contribution is 2.51. The van der Waals surface area contributed by atoms with E-state index in [4.69, 9.17) is 10.00 Å². The van der Waals surface area contributed by atoms with Crippen LogP contribution in [0.15, 0.2) is 12.4 Å². The van der Waals surface area contributed by atoms with Gasteiger partial charge in [0.25, 0.3) is 0 Å². The van der Waals surface area contributed by atoms with Crippen molar-refractivity contribution in [3.8, 4) is 6.07 Å². The largest absolute Gasteiger partial charge is 0.387 e. The van der Waals surface area contributed by atoms with E-state index in [0.717, 1.165) is 0 Å². The minimum absolute atomic E-state index is 0.0753. The first-order valence-corrected chi connectivity index (χ1v) is 6.73. The first-order valence-electron chi connectivity index (χ1n) is 6.73. The molecule has 0 aromatic carbocycles. The number of nitrogens with zero attached hydrogens (tertiary/aromatic N) is 3. The fourth-order valence-electron chi connectivity index (χ4n) is 2.48. The summed E-state index contributed by atoms with van der Waals surface area (Å²) < 4.78 is 5.62. The van der Waals surface area contributed by atoms with E-state index in [1.165, 1.54) is 12.4 Å². The normalized spacial score (nSPS) is 27.4. The minimum Gasteiger partial charge on any atom is -0.387 e. The Kier molecular flexibility index (Phi) is 3.93. The van der Waals surface area contributed by atoms with Crippen LogP contribution in [0.3, 0.4) is 0 Å². The Labute approximate surface area is 118 Å². The smallest absolute Gasteiger partial charge is 0.158 e. The maximum absolute atomic E-state index is 10.7. The lowest BCUT2D eigenvalue weighted by Crippen LogP contribution is -2.67. The third kappa shape index (κ3) is 2.47. The van der Waals surface area contributed by atoms with Gasteiger partial charge in [-0.1, -0.05) is 13.8 Å². The van der Waals surface area contributed by atoms with Crippen LogP contribution in [0.25, 0.3) is 0 Å². The van der Waals surface area contributed by atoms with Crippen LogP contribution >= 0.6 is 0 Å². The summed E-state index contributed by atoms with van der Waals surface area (Å²) in [6.45, 7) is 6.99. The molecule has 0 radical (unpaired) electrons. The first-order chi connectivity index (χ1) is 9.43. The van der Waals surface area contributed by atoms with Crippen LogP contribution < -0.4 is 5.32 Å². The molecule has 1 fully saturated rings. The molecule has 0 aliphatic heterocycles. The van der Waals surface area contributed by atoms with Gasteiger partial charge in [0, 0.05) is 25.0 Å². The number of aromatic nitrogens is 2. The van der Waals surface area contributed by atoms with Gasteiger partial charge in [-0.2, -0.15) is 5.26 Å². The van der Waals surface area contributed by atoms with Crippen molar-refractivity contribution in [2.24, 2.45) is 5.41 Å². The van der Waals surface area contributed by atoms with E-state index < -0.39 is 5.60 Å². The second-order valence-electron chi connectivity index (χ2n) is 5.65. The van der Waals surface area contributed by atoms with Crippen molar-refractivity contribution in [3.05, 3.63) is 18.1 Å². The summed E-state index contributed by atoms with van der Waals surface area (Å²) in [7, 11) is 0. The van der Waals surface area contributed by atoms with Gasteiger partial charge in [0.05, 0.1) is 24.1 Å². The van der Waals surface area contributed by atoms with E-state index in [0.29, 0.717) is 25.4 Å². The van der Waals surface area contributed by atoms with E-state index in [2.05, 4.69) is 15.3 Å². The van der Waals surface area contributed by atoms with Gasteiger partial charge in [-0.3, -0.25) is 0 Å². The molecule has 0 spiro atoms. The van der Waals surface area contributed by atoms with Gasteiger partial charge in [-0.05, 0) is 6.92 Å². The Morgan fingerprint density at radius 3 is 2.75 bits per heavy atom. The third-order valence-corrected chi connectivity index (χ3v) is 4.22. The molecule has 0 bridgehead atoms. The second-order valence-corrected chi connectivity index (χ2v) is 5.65. The highest BCUT2D eigenvalue weighted by atomic mass is 16.5. The topological polar surface area (TPSA) is 91.1 Å². The van der Waals surface area contributed by atoms with Crippen LogP contribution in [-0.2, 0) is 4.74 Å². The molecule has 2 N–H and O–H groups in total. The molecule has 2 rings (SSSR count). The summed E-state index contributed by atoms with van der Waals surface area (Å²) >= 11 is 0. The van der Waals surface area contributed by atoms with E-state index in [-0.39, 0.29) is 17.2 Å². The van der Waals surface area contributed by atoms with Gasteiger partial charge in [0.2, 0.25) is 0 Å². The summed E-state index contributed by atoms with van der Waals surface area (Å²) in [4.78, 5) is 8.01. The third-order valence-electron chi connectivity index (χ3n) is 4.22. The molecule has 20 heavy (non-hydrogen) atoms. The molecule has 6 heteroatoms. The predicted molar refractivity (Wildman–Crippen MR) is 74.0 cm³/mol. The van der Waals surface area contributed by atoms with Gasteiger partial charge < -0.3 is 15.2 Å². The standard InChI is InChI=1S/C14H20N4O2/c1-4-20-11-5-14(19,13(11,2)3)9-18-12-8-16-10(6-15)7-17-12/h7-8,11,19H,4-5,9H2,1-3H3,(H,17,18)/t11-,14-/m1/s1. The maximum Gasteiger partial charge on any atom is 0.158 e. The van der Waals surface area contributed by atoms with Crippen molar-refractivity contribution in [1.29, 1.82) is 5.26 Å². The Morgan fingerprint density at radius 1 is 1.50 bits per heavy atom. The number of nitrogens with one attached hydrogen (secondary N) is 1. The van der Waals surface area contributed by atoms with Gasteiger partial charge in [-0.15, -0.1) is 0 Å². The van der Waals surface area contributed by atoms with Crippen LogP contribution in [0.5, 0.6) is 0 Å². The molecule has 6 nitrogen and oxygen atoms in total. The van der Waals surface area contributed by atoms with Crippen LogP contribution in [0.1, 0.15) is 32.9 Å². The fourth-order valence-corrected chi connectivity index (χ4v) is 2.48. The van der Waals surface area contributed by atoms with Gasteiger partial charge in [0.1, 0.15) is 11.9 Å². The maximum atomic E-state index is 10.7. The molecule has 108 valence electrons. The second kappa shape index (κ2) is 5.35. The van der Waals surface area contributed by atoms with Gasteiger partial charge in [-0.25, -0.2) is 9.97 Å². The number of rotatable bonds is 5. The first kappa shape index (κ1) is 14.7. The molecular weight excluding hydrogens is 256 g/mol. The van der Waals surface area contributed by atoms with Crippen LogP contribution in [0.2, 0.25) is 0 Å². The van der Waals surface area contributed by atoms with Crippen molar-refractivity contribution >= 4 is 5.82 Å². The predicted octanol–water partition coefficient (Wildman–Crippen LogP) is 1.33. The molecule has 1 aromatic heterocycles. The van der Waals surface area contributed by atoms with Crippen molar-refractivity contribution in [3.63, 3.8) is 0 Å². The molecule has 1 aliphatic carbocycles. The monoisotopic (exact) mass is 276 g/mol. The Hall–Kier alpha value is -1.71. The molecule has 1 aromatic rings. The van der Waals surface area contributed by atoms with Crippen molar-refractivity contribution in [2.75, 3.05) is 18.5 Å². The summed E-state index contributed by atoms with van der Waals surface area (Å²) in [5.41, 5.74) is -0.868. The molecule has 0 saturated heterocycles. The lowest BCUT2D eigenvalue weighted by Gasteiger charge is -2.58. The van der Waals surface area contributed by atoms with Crippen LogP contribution in [0, 0.1) is 16.7 Å². The Balaban J connectivity index is 1.95. The molecule has 2 atom stereocenters. The van der Waals surface area contributed by atoms with E-state index >= 15 is 0 Å². The average Bonchev–Trinajstić information content (AvgIpc) is 2.45. The van der Waals surface area contributed by atoms with Crippen molar-refractivity contribution < 1.29 is 9.84 Å². The zero-order valence-corrected chi connectivity index (χ0v) is 12.1. The number of aliphatic hydroxyl groups is 1. The summed E-state index contributed by atoms with van der Waals surface area (Å²) in [5, 5.41) is 22.4. The lowest BCUT2D eigenvalue weighted by atomic mass is 9.56. The zero-order valence-electron chi connectivity index (χ0n) is 12.1. The molecule has 1 aliphatic rings. The van der Waals surface area contributed by atoms with E-state index in [1.807, 2.05) is 26.8 Å². The van der Waals surface area contributed by atoms with E-state index in [1.54, 1.807) is 0 Å².